The third-order valence-corrected chi connectivity index (χ3v) is 3.10. The Hall–Kier alpha value is -1.66. The number of carbonyl (C=O) groups excluding carboxylic acids is 1. The van der Waals surface area contributed by atoms with Crippen molar-refractivity contribution in [3.63, 3.8) is 0 Å². The second-order valence-electron chi connectivity index (χ2n) is 4.32. The third-order valence-electron chi connectivity index (χ3n) is 3.10. The predicted molar refractivity (Wildman–Crippen MR) is 64.9 cm³/mol. The Balaban J connectivity index is 2.30. The average molecular weight is 269 g/mol. The molecular weight excluding hydrogens is 253 g/mol. The maximum absolute atomic E-state index is 14.0. The van der Waals surface area contributed by atoms with Gasteiger partial charge in [0.2, 0.25) is 0 Å². The molecule has 0 unspecified atom stereocenters. The van der Waals surface area contributed by atoms with E-state index in [0.29, 0.717) is 18.4 Å². The number of amides is 1. The summed E-state index contributed by atoms with van der Waals surface area (Å²) in [5.41, 5.74) is 6.30. The summed E-state index contributed by atoms with van der Waals surface area (Å²) in [6.07, 6.45) is -1.05. The van der Waals surface area contributed by atoms with Crippen molar-refractivity contribution in [2.45, 2.75) is 25.0 Å². The first-order valence-corrected chi connectivity index (χ1v) is 5.97. The molecule has 1 amide bonds. The number of benzene rings is 1. The van der Waals surface area contributed by atoms with Crippen LogP contribution in [0.4, 0.5) is 9.18 Å². The highest BCUT2D eigenvalue weighted by atomic mass is 19.1. The smallest absolute Gasteiger partial charge is 0.404 e. The van der Waals surface area contributed by atoms with Gasteiger partial charge in [0.15, 0.2) is 0 Å². The molecular formula is C13H16FNO4. The van der Waals surface area contributed by atoms with Crippen molar-refractivity contribution >= 4 is 6.09 Å². The van der Waals surface area contributed by atoms with Crippen LogP contribution in [0.2, 0.25) is 0 Å². The van der Waals surface area contributed by atoms with E-state index in [1.165, 1.54) is 13.2 Å². The maximum atomic E-state index is 14.0. The maximum Gasteiger partial charge on any atom is 0.404 e. The highest BCUT2D eigenvalue weighted by Gasteiger charge is 2.35. The topological polar surface area (TPSA) is 70.8 Å². The molecule has 1 aromatic rings. The van der Waals surface area contributed by atoms with Gasteiger partial charge >= 0.3 is 6.09 Å². The van der Waals surface area contributed by atoms with Gasteiger partial charge in [0.05, 0.1) is 0 Å². The van der Waals surface area contributed by atoms with Crippen molar-refractivity contribution in [3.8, 4) is 0 Å². The number of methoxy groups -OCH3 is 1. The Morgan fingerprint density at radius 1 is 1.53 bits per heavy atom. The number of fused-ring (bicyclic) bond motifs is 1. The summed E-state index contributed by atoms with van der Waals surface area (Å²) < 4.78 is 29.3. The number of halogens is 1. The average Bonchev–Trinajstić information content (AvgIpc) is 2.37. The Morgan fingerprint density at radius 2 is 2.32 bits per heavy atom. The van der Waals surface area contributed by atoms with Crippen molar-refractivity contribution in [3.05, 3.63) is 35.1 Å². The second kappa shape index (κ2) is 5.99. The van der Waals surface area contributed by atoms with Crippen molar-refractivity contribution in [1.82, 2.24) is 0 Å². The van der Waals surface area contributed by atoms with Crippen LogP contribution in [0.5, 0.6) is 0 Å². The summed E-state index contributed by atoms with van der Waals surface area (Å²) in [5.74, 6) is -0.378. The van der Waals surface area contributed by atoms with E-state index in [1.54, 1.807) is 6.07 Å². The molecule has 1 aromatic carbocycles. The molecule has 0 fully saturated rings. The van der Waals surface area contributed by atoms with Crippen LogP contribution < -0.4 is 5.73 Å². The molecule has 0 spiro atoms. The van der Waals surface area contributed by atoms with Crippen LogP contribution in [0.15, 0.2) is 18.2 Å². The number of primary amides is 1. The first-order chi connectivity index (χ1) is 9.13. The van der Waals surface area contributed by atoms with Crippen molar-refractivity contribution in [2.75, 3.05) is 13.9 Å². The van der Waals surface area contributed by atoms with Crippen LogP contribution in [0.25, 0.3) is 0 Å². The Morgan fingerprint density at radius 3 is 3.00 bits per heavy atom. The summed E-state index contributed by atoms with van der Waals surface area (Å²) in [6, 6.07) is 4.84. The minimum Gasteiger partial charge on any atom is -0.443 e. The zero-order chi connectivity index (χ0) is 13.8. The van der Waals surface area contributed by atoms with E-state index >= 15 is 0 Å². The minimum atomic E-state index is -0.893. The van der Waals surface area contributed by atoms with Gasteiger partial charge in [-0.25, -0.2) is 9.18 Å². The summed E-state index contributed by atoms with van der Waals surface area (Å²) in [5, 5.41) is 0. The van der Waals surface area contributed by atoms with Crippen LogP contribution in [-0.4, -0.2) is 26.1 Å². The Bertz CT molecular complexity index is 466. The van der Waals surface area contributed by atoms with Crippen LogP contribution >= 0.6 is 0 Å². The van der Waals surface area contributed by atoms with Crippen molar-refractivity contribution in [2.24, 2.45) is 5.73 Å². The Kier molecular flexibility index (Phi) is 4.34. The van der Waals surface area contributed by atoms with Gasteiger partial charge in [-0.05, 0) is 24.5 Å². The zero-order valence-electron chi connectivity index (χ0n) is 10.6. The number of carbonyl (C=O) groups is 1. The normalized spacial score (nSPS) is 21.8. The summed E-state index contributed by atoms with van der Waals surface area (Å²) >= 11 is 0. The van der Waals surface area contributed by atoms with Crippen molar-refractivity contribution in [1.29, 1.82) is 0 Å². The highest BCUT2D eigenvalue weighted by Crippen LogP contribution is 2.36. The SMILES string of the molecule is COCO[C@H]1c2c(F)cccc2CC[C@H]1OC(N)=O. The molecule has 0 aromatic heterocycles. The molecule has 0 heterocycles. The van der Waals surface area contributed by atoms with Crippen LogP contribution in [0.3, 0.4) is 0 Å². The zero-order valence-corrected chi connectivity index (χ0v) is 10.6. The molecule has 0 bridgehead atoms. The lowest BCUT2D eigenvalue weighted by Crippen LogP contribution is -2.34. The highest BCUT2D eigenvalue weighted by molar-refractivity contribution is 5.65. The molecule has 104 valence electrons. The Labute approximate surface area is 110 Å². The molecule has 5 nitrogen and oxygen atoms in total. The van der Waals surface area contributed by atoms with E-state index in [4.69, 9.17) is 19.9 Å². The quantitative estimate of drug-likeness (QED) is 0.847. The van der Waals surface area contributed by atoms with Crippen LogP contribution in [0.1, 0.15) is 23.7 Å². The third kappa shape index (κ3) is 3.02. The molecule has 1 aliphatic carbocycles. The summed E-state index contributed by atoms with van der Waals surface area (Å²) in [6.45, 7) is -0.0168. The molecule has 6 heteroatoms. The molecule has 2 rings (SSSR count). The van der Waals surface area contributed by atoms with E-state index in [0.717, 1.165) is 5.56 Å². The van der Waals surface area contributed by atoms with Crippen LogP contribution in [0, 0.1) is 5.82 Å². The van der Waals surface area contributed by atoms with Gasteiger partial charge in [0, 0.05) is 12.7 Å². The van der Waals surface area contributed by atoms with Crippen molar-refractivity contribution < 1.29 is 23.4 Å². The number of ether oxygens (including phenoxy) is 3. The van der Waals surface area contributed by atoms with Gasteiger partial charge < -0.3 is 19.9 Å². The van der Waals surface area contributed by atoms with E-state index in [-0.39, 0.29) is 12.6 Å². The molecule has 0 aliphatic heterocycles. The number of rotatable bonds is 4. The largest absolute Gasteiger partial charge is 0.443 e. The van der Waals surface area contributed by atoms with E-state index in [9.17, 15) is 9.18 Å². The fourth-order valence-electron chi connectivity index (χ4n) is 2.36. The minimum absolute atomic E-state index is 0.0168. The summed E-state index contributed by atoms with van der Waals surface area (Å²) in [7, 11) is 1.47. The molecule has 2 atom stereocenters. The van der Waals surface area contributed by atoms with Gasteiger partial charge in [-0.1, -0.05) is 12.1 Å². The first-order valence-electron chi connectivity index (χ1n) is 5.97. The fourth-order valence-corrected chi connectivity index (χ4v) is 2.36. The van der Waals surface area contributed by atoms with Gasteiger partial charge in [0.1, 0.15) is 24.8 Å². The monoisotopic (exact) mass is 269 g/mol. The number of hydrogen-bond acceptors (Lipinski definition) is 4. The summed E-state index contributed by atoms with van der Waals surface area (Å²) in [4.78, 5) is 10.9. The number of hydrogen-bond donors (Lipinski definition) is 1. The van der Waals surface area contributed by atoms with Gasteiger partial charge in [0.25, 0.3) is 0 Å². The molecule has 2 N–H and O–H groups in total. The molecule has 19 heavy (non-hydrogen) atoms. The molecule has 0 radical (unpaired) electrons. The number of nitrogens with two attached hydrogens (primary N) is 1. The lowest BCUT2D eigenvalue weighted by molar-refractivity contribution is -0.121. The van der Waals surface area contributed by atoms with Gasteiger partial charge in [-0.3, -0.25) is 0 Å². The second-order valence-corrected chi connectivity index (χ2v) is 4.32. The standard InChI is InChI=1S/C13H16FNO4/c1-17-7-18-12-10(19-13(15)16)6-5-8-3-2-4-9(14)11(8)12/h2-4,10,12H,5-7H2,1H3,(H2,15,16)/t10-,12-/m1/s1. The first kappa shape index (κ1) is 13.8. The molecule has 0 saturated heterocycles. The predicted octanol–water partition coefficient (Wildman–Crippen LogP) is 1.90. The lowest BCUT2D eigenvalue weighted by atomic mass is 9.87. The number of aryl methyl sites for hydroxylation is 1. The molecule has 1 aliphatic rings. The van der Waals surface area contributed by atoms with Crippen LogP contribution in [-0.2, 0) is 20.6 Å². The van der Waals surface area contributed by atoms with Gasteiger partial charge in [-0.2, -0.15) is 0 Å². The lowest BCUT2D eigenvalue weighted by Gasteiger charge is -2.32. The van der Waals surface area contributed by atoms with E-state index < -0.39 is 18.3 Å². The van der Waals surface area contributed by atoms with E-state index in [2.05, 4.69) is 0 Å². The molecule has 0 saturated carbocycles. The fraction of sp³-hybridized carbons (Fsp3) is 0.462. The van der Waals surface area contributed by atoms with Gasteiger partial charge in [-0.15, -0.1) is 0 Å². The van der Waals surface area contributed by atoms with E-state index in [1.807, 2.05) is 6.07 Å².